The number of hydrogen-bond acceptors (Lipinski definition) is 4. The quantitative estimate of drug-likeness (QED) is 0.719. The number of carbonyl (C=O) groups is 2. The molecule has 152 valence electrons. The van der Waals surface area contributed by atoms with E-state index in [4.69, 9.17) is 9.84 Å². The van der Waals surface area contributed by atoms with Crippen LogP contribution in [-0.2, 0) is 27.5 Å². The minimum absolute atomic E-state index is 0. The summed E-state index contributed by atoms with van der Waals surface area (Å²) in [5.74, 6) is -5.46. The first kappa shape index (κ1) is 23.2. The number of carbonyl (C=O) groups excluding carboxylic acids is 1. The van der Waals surface area contributed by atoms with Crippen LogP contribution in [0, 0.1) is 11.8 Å². The molecule has 6 nitrogen and oxygen atoms in total. The summed E-state index contributed by atoms with van der Waals surface area (Å²) in [6.45, 7) is -0.465. The average Bonchev–Trinajstić information content (AvgIpc) is 2.99. The Kier molecular flexibility index (Phi) is 8.52. The average molecular weight is 411 g/mol. The van der Waals surface area contributed by atoms with E-state index in [0.717, 1.165) is 11.1 Å². The Balaban J connectivity index is 0.00000364. The number of benzene rings is 1. The third-order valence-electron chi connectivity index (χ3n) is 4.39. The lowest BCUT2D eigenvalue weighted by molar-refractivity contribution is -0.188. The van der Waals surface area contributed by atoms with E-state index in [9.17, 15) is 22.8 Å². The number of aliphatic carboxylic acids is 1. The molecule has 0 aromatic heterocycles. The molecule has 0 spiro atoms. The van der Waals surface area contributed by atoms with Gasteiger partial charge in [-0.25, -0.2) is 0 Å². The molecule has 0 radical (unpaired) electrons. The van der Waals surface area contributed by atoms with Crippen molar-refractivity contribution in [2.24, 2.45) is 11.8 Å². The number of halogens is 4. The molecule has 1 aromatic carbocycles. The monoisotopic (exact) mass is 410 g/mol. The van der Waals surface area contributed by atoms with Crippen molar-refractivity contribution in [3.05, 3.63) is 35.4 Å². The van der Waals surface area contributed by atoms with Gasteiger partial charge in [-0.1, -0.05) is 24.3 Å². The number of carboxylic acids is 1. The van der Waals surface area contributed by atoms with E-state index >= 15 is 0 Å². The van der Waals surface area contributed by atoms with E-state index in [1.807, 2.05) is 24.3 Å². The van der Waals surface area contributed by atoms with Crippen molar-refractivity contribution in [3.8, 4) is 0 Å². The van der Waals surface area contributed by atoms with Crippen molar-refractivity contribution in [3.63, 3.8) is 0 Å². The van der Waals surface area contributed by atoms with Gasteiger partial charge < -0.3 is 15.2 Å². The Morgan fingerprint density at radius 2 is 1.89 bits per heavy atom. The van der Waals surface area contributed by atoms with Gasteiger partial charge in [0.25, 0.3) is 0 Å². The Morgan fingerprint density at radius 3 is 2.41 bits per heavy atom. The number of amides is 1. The van der Waals surface area contributed by atoms with Gasteiger partial charge in [-0.2, -0.15) is 13.2 Å². The zero-order valence-electron chi connectivity index (χ0n) is 14.7. The van der Waals surface area contributed by atoms with Gasteiger partial charge in [0.05, 0.1) is 25.0 Å². The van der Waals surface area contributed by atoms with Crippen LogP contribution in [0.4, 0.5) is 13.2 Å². The molecule has 1 saturated heterocycles. The van der Waals surface area contributed by atoms with E-state index in [-0.39, 0.29) is 32.0 Å². The number of methoxy groups -OCH3 is 1. The van der Waals surface area contributed by atoms with Crippen LogP contribution in [0.15, 0.2) is 24.3 Å². The SMILES string of the molecule is COCc1ccccc1CNC(=O)CN1C[C@@H](C(F)(F)F)[C@H](C(=O)O)C1.Cl. The number of alkyl halides is 3. The molecule has 0 bridgehead atoms. The minimum Gasteiger partial charge on any atom is -0.481 e. The fourth-order valence-electron chi connectivity index (χ4n) is 3.08. The first-order valence-corrected chi connectivity index (χ1v) is 8.06. The number of likely N-dealkylation sites (tertiary alicyclic amines) is 1. The summed E-state index contributed by atoms with van der Waals surface area (Å²) in [7, 11) is 1.55. The normalized spacial score (nSPS) is 20.1. The number of nitrogens with one attached hydrogen (secondary N) is 1. The summed E-state index contributed by atoms with van der Waals surface area (Å²) in [5.41, 5.74) is 1.75. The Morgan fingerprint density at radius 1 is 1.26 bits per heavy atom. The first-order chi connectivity index (χ1) is 12.2. The lowest BCUT2D eigenvalue weighted by Crippen LogP contribution is -2.37. The summed E-state index contributed by atoms with van der Waals surface area (Å²) in [4.78, 5) is 24.4. The number of rotatable bonds is 7. The van der Waals surface area contributed by atoms with E-state index in [1.54, 1.807) is 7.11 Å². The van der Waals surface area contributed by atoms with Crippen LogP contribution < -0.4 is 5.32 Å². The molecule has 1 fully saturated rings. The highest BCUT2D eigenvalue weighted by Crippen LogP contribution is 2.37. The van der Waals surface area contributed by atoms with Crippen LogP contribution in [0.2, 0.25) is 0 Å². The van der Waals surface area contributed by atoms with E-state index in [0.29, 0.717) is 6.61 Å². The number of nitrogens with zero attached hydrogens (tertiary/aromatic N) is 1. The van der Waals surface area contributed by atoms with Crippen molar-refractivity contribution in [2.45, 2.75) is 19.3 Å². The second-order valence-corrected chi connectivity index (χ2v) is 6.27. The third kappa shape index (κ3) is 6.37. The smallest absolute Gasteiger partial charge is 0.393 e. The van der Waals surface area contributed by atoms with Gasteiger partial charge in [0.15, 0.2) is 0 Å². The topological polar surface area (TPSA) is 78.9 Å². The molecular formula is C17H22ClF3N2O4. The summed E-state index contributed by atoms with van der Waals surface area (Å²) in [6, 6.07) is 7.33. The molecule has 10 heteroatoms. The highest BCUT2D eigenvalue weighted by atomic mass is 35.5. The van der Waals surface area contributed by atoms with Crippen LogP contribution >= 0.6 is 12.4 Å². The van der Waals surface area contributed by atoms with Crippen molar-refractivity contribution >= 4 is 24.3 Å². The Labute approximate surface area is 161 Å². The maximum Gasteiger partial charge on any atom is 0.393 e. The molecule has 0 aliphatic carbocycles. The fourth-order valence-corrected chi connectivity index (χ4v) is 3.08. The number of carboxylic acid groups (broad SMARTS) is 1. The molecule has 1 amide bonds. The van der Waals surface area contributed by atoms with Crippen LogP contribution in [0.25, 0.3) is 0 Å². The van der Waals surface area contributed by atoms with Crippen molar-refractivity contribution < 1.29 is 32.6 Å². The second kappa shape index (κ2) is 9.91. The van der Waals surface area contributed by atoms with E-state index in [1.165, 1.54) is 4.90 Å². The summed E-state index contributed by atoms with van der Waals surface area (Å²) >= 11 is 0. The third-order valence-corrected chi connectivity index (χ3v) is 4.39. The Bertz CT molecular complexity index is 657. The minimum atomic E-state index is -4.60. The van der Waals surface area contributed by atoms with Crippen LogP contribution in [-0.4, -0.2) is 54.8 Å². The van der Waals surface area contributed by atoms with E-state index < -0.39 is 36.4 Å². The van der Waals surface area contributed by atoms with Gasteiger partial charge >= 0.3 is 12.1 Å². The second-order valence-electron chi connectivity index (χ2n) is 6.27. The molecule has 2 N–H and O–H groups in total. The van der Waals surface area contributed by atoms with Gasteiger partial charge in [-0.3, -0.25) is 14.5 Å². The van der Waals surface area contributed by atoms with Crippen LogP contribution in [0.1, 0.15) is 11.1 Å². The Hall–Kier alpha value is -1.84. The lowest BCUT2D eigenvalue weighted by atomic mass is 9.96. The predicted molar refractivity (Wildman–Crippen MR) is 93.4 cm³/mol. The number of ether oxygens (including phenoxy) is 1. The van der Waals surface area contributed by atoms with E-state index in [2.05, 4.69) is 5.32 Å². The number of hydrogen-bond donors (Lipinski definition) is 2. The highest BCUT2D eigenvalue weighted by Gasteiger charge is 2.52. The zero-order valence-corrected chi connectivity index (χ0v) is 15.5. The largest absolute Gasteiger partial charge is 0.481 e. The van der Waals surface area contributed by atoms with Gasteiger partial charge in [0, 0.05) is 26.7 Å². The standard InChI is InChI=1S/C17H21F3N2O4.ClH/c1-26-10-12-5-3-2-4-11(12)6-21-15(23)9-22-7-13(16(24)25)14(8-22)17(18,19)20;/h2-5,13-14H,6-10H2,1H3,(H,21,23)(H,24,25);1H/t13-,14-;/m1./s1. The van der Waals surface area contributed by atoms with Gasteiger partial charge in [-0.15, -0.1) is 12.4 Å². The molecule has 1 heterocycles. The lowest BCUT2D eigenvalue weighted by Gasteiger charge is -2.18. The molecule has 0 unspecified atom stereocenters. The molecule has 2 rings (SSSR count). The molecule has 0 saturated carbocycles. The molecule has 1 aliphatic heterocycles. The molecule has 27 heavy (non-hydrogen) atoms. The van der Waals surface area contributed by atoms with Crippen LogP contribution in [0.5, 0.6) is 0 Å². The van der Waals surface area contributed by atoms with Gasteiger partial charge in [-0.05, 0) is 11.1 Å². The zero-order chi connectivity index (χ0) is 19.3. The first-order valence-electron chi connectivity index (χ1n) is 8.06. The molecular weight excluding hydrogens is 389 g/mol. The summed E-state index contributed by atoms with van der Waals surface area (Å²) in [6.07, 6.45) is -4.60. The van der Waals surface area contributed by atoms with Gasteiger partial charge in [0.1, 0.15) is 0 Å². The molecule has 1 aliphatic rings. The molecule has 2 atom stereocenters. The molecule has 1 aromatic rings. The maximum absolute atomic E-state index is 13.0. The predicted octanol–water partition coefficient (Wildman–Crippen LogP) is 2.07. The van der Waals surface area contributed by atoms with Crippen molar-refractivity contribution in [2.75, 3.05) is 26.7 Å². The van der Waals surface area contributed by atoms with Crippen LogP contribution in [0.3, 0.4) is 0 Å². The fraction of sp³-hybridized carbons (Fsp3) is 0.529. The van der Waals surface area contributed by atoms with Crippen molar-refractivity contribution in [1.82, 2.24) is 10.2 Å². The maximum atomic E-state index is 13.0. The summed E-state index contributed by atoms with van der Waals surface area (Å²) < 4.78 is 44.0. The van der Waals surface area contributed by atoms with Gasteiger partial charge in [0.2, 0.25) is 5.91 Å². The summed E-state index contributed by atoms with van der Waals surface area (Å²) in [5, 5.41) is 11.7. The highest BCUT2D eigenvalue weighted by molar-refractivity contribution is 5.85. The van der Waals surface area contributed by atoms with Crippen molar-refractivity contribution in [1.29, 1.82) is 0 Å².